The van der Waals surface area contributed by atoms with E-state index in [4.69, 9.17) is 32.7 Å². The van der Waals surface area contributed by atoms with E-state index in [1.165, 1.54) is 26.0 Å². The molecule has 1 aromatic carbocycles. The Hall–Kier alpha value is -2.60. The molecule has 0 bridgehead atoms. The Morgan fingerprint density at radius 1 is 1.12 bits per heavy atom. The number of halogens is 2. The van der Waals surface area contributed by atoms with Crippen LogP contribution in [0.2, 0.25) is 10.0 Å². The molecule has 2 heterocycles. The Balaban J connectivity index is 1.78. The number of esters is 2. The highest BCUT2D eigenvalue weighted by molar-refractivity contribution is 7.99. The van der Waals surface area contributed by atoms with E-state index in [2.05, 4.69) is 15.5 Å². The number of anilines is 1. The summed E-state index contributed by atoms with van der Waals surface area (Å²) in [5.74, 6) is -1.08. The Morgan fingerprint density at radius 3 is 2.44 bits per heavy atom. The van der Waals surface area contributed by atoms with Crippen molar-refractivity contribution in [2.24, 2.45) is 0 Å². The molecule has 0 aliphatic heterocycles. The quantitative estimate of drug-likeness (QED) is 0.314. The van der Waals surface area contributed by atoms with Gasteiger partial charge in [-0.15, -0.1) is 21.5 Å². The van der Waals surface area contributed by atoms with Gasteiger partial charge in [-0.05, 0) is 37.6 Å². The number of carbonyl (C=O) groups excluding carboxylic acids is 3. The molecule has 13 heteroatoms. The number of carbonyl (C=O) groups is 3. The summed E-state index contributed by atoms with van der Waals surface area (Å²) in [5.41, 5.74) is 1.24. The van der Waals surface area contributed by atoms with Crippen LogP contribution in [0.4, 0.5) is 5.00 Å². The van der Waals surface area contributed by atoms with Crippen molar-refractivity contribution in [2.45, 2.75) is 25.5 Å². The molecule has 2 aromatic heterocycles. The van der Waals surface area contributed by atoms with Gasteiger partial charge in [-0.3, -0.25) is 4.79 Å². The molecule has 34 heavy (non-hydrogen) atoms. The molecule has 0 aliphatic carbocycles. The smallest absolute Gasteiger partial charge is 0.348 e. The molecule has 180 valence electrons. The first-order valence-corrected chi connectivity index (χ1v) is 12.4. The number of thioether (sulfide) groups is 1. The fourth-order valence-corrected chi connectivity index (χ4v) is 5.29. The second kappa shape index (κ2) is 11.2. The van der Waals surface area contributed by atoms with Crippen molar-refractivity contribution in [1.82, 2.24) is 14.8 Å². The maximum absolute atomic E-state index is 12.7. The van der Waals surface area contributed by atoms with E-state index in [1.54, 1.807) is 25.1 Å². The number of methoxy groups -OCH3 is 2. The van der Waals surface area contributed by atoms with Crippen LogP contribution in [0.15, 0.2) is 23.4 Å². The lowest BCUT2D eigenvalue weighted by atomic mass is 10.1. The van der Waals surface area contributed by atoms with Gasteiger partial charge in [0.15, 0.2) is 11.0 Å². The second-order valence-electron chi connectivity index (χ2n) is 6.76. The minimum Gasteiger partial charge on any atom is -0.465 e. The Morgan fingerprint density at radius 2 is 1.82 bits per heavy atom. The van der Waals surface area contributed by atoms with Crippen LogP contribution in [-0.4, -0.2) is 52.6 Å². The van der Waals surface area contributed by atoms with Crippen LogP contribution >= 0.6 is 46.3 Å². The lowest BCUT2D eigenvalue weighted by Crippen LogP contribution is -2.16. The molecule has 0 saturated carbocycles. The molecule has 3 aromatic rings. The molecule has 0 fully saturated rings. The molecule has 1 amide bonds. The van der Waals surface area contributed by atoms with Gasteiger partial charge in [0.05, 0.1) is 35.6 Å². The molecule has 0 unspecified atom stereocenters. The van der Waals surface area contributed by atoms with E-state index in [0.717, 1.165) is 16.9 Å². The summed E-state index contributed by atoms with van der Waals surface area (Å²) in [5, 5.41) is 12.7. The maximum Gasteiger partial charge on any atom is 0.348 e. The van der Waals surface area contributed by atoms with Crippen molar-refractivity contribution in [3.05, 3.63) is 44.2 Å². The van der Waals surface area contributed by atoms with Gasteiger partial charge in [-0.2, -0.15) is 0 Å². The van der Waals surface area contributed by atoms with Crippen LogP contribution < -0.4 is 5.32 Å². The first kappa shape index (κ1) is 26.0. The zero-order chi connectivity index (χ0) is 25.0. The fourth-order valence-electron chi connectivity index (χ4n) is 3.06. The SMILES string of the molecule is CCn1c(SCC(=O)Nc2sc(C(=O)OC)c(C)c2C(=O)OC)nnc1-c1ccc(Cl)c(Cl)c1. The van der Waals surface area contributed by atoms with Gasteiger partial charge in [0, 0.05) is 12.1 Å². The molecule has 0 atom stereocenters. The largest absolute Gasteiger partial charge is 0.465 e. The predicted molar refractivity (Wildman–Crippen MR) is 132 cm³/mol. The molecule has 0 aliphatic rings. The van der Waals surface area contributed by atoms with Gasteiger partial charge in [-0.1, -0.05) is 35.0 Å². The molecule has 3 rings (SSSR count). The van der Waals surface area contributed by atoms with Crippen molar-refractivity contribution >= 4 is 69.1 Å². The van der Waals surface area contributed by atoms with Gasteiger partial charge in [-0.25, -0.2) is 9.59 Å². The Labute approximate surface area is 213 Å². The first-order valence-electron chi connectivity index (χ1n) is 9.83. The highest BCUT2D eigenvalue weighted by Gasteiger charge is 2.27. The molecular weight excluding hydrogens is 523 g/mol. The normalized spacial score (nSPS) is 10.8. The average molecular weight is 543 g/mol. The van der Waals surface area contributed by atoms with Crippen LogP contribution in [0.25, 0.3) is 11.4 Å². The van der Waals surface area contributed by atoms with Crippen LogP contribution in [0.3, 0.4) is 0 Å². The predicted octanol–water partition coefficient (Wildman–Crippen LogP) is 4.95. The van der Waals surface area contributed by atoms with Crippen molar-refractivity contribution < 1.29 is 23.9 Å². The van der Waals surface area contributed by atoms with E-state index in [0.29, 0.717) is 33.1 Å². The second-order valence-corrected chi connectivity index (χ2v) is 9.54. The summed E-state index contributed by atoms with van der Waals surface area (Å²) in [4.78, 5) is 37.2. The highest BCUT2D eigenvalue weighted by Crippen LogP contribution is 2.35. The zero-order valence-electron chi connectivity index (χ0n) is 18.6. The van der Waals surface area contributed by atoms with Crippen molar-refractivity contribution in [1.29, 1.82) is 0 Å². The number of thiophene rings is 1. The zero-order valence-corrected chi connectivity index (χ0v) is 21.7. The van der Waals surface area contributed by atoms with E-state index in [1.807, 2.05) is 11.5 Å². The van der Waals surface area contributed by atoms with E-state index in [-0.39, 0.29) is 21.2 Å². The minimum atomic E-state index is -0.663. The maximum atomic E-state index is 12.7. The molecular formula is C21H20Cl2N4O5S2. The summed E-state index contributed by atoms with van der Waals surface area (Å²) < 4.78 is 11.4. The topological polar surface area (TPSA) is 112 Å². The lowest BCUT2D eigenvalue weighted by Gasteiger charge is -2.08. The molecule has 0 radical (unpaired) electrons. The van der Waals surface area contributed by atoms with Gasteiger partial charge in [0.1, 0.15) is 9.88 Å². The van der Waals surface area contributed by atoms with Gasteiger partial charge in [0.25, 0.3) is 0 Å². The summed E-state index contributed by atoms with van der Waals surface area (Å²) in [6, 6.07) is 5.17. The number of aromatic nitrogens is 3. The average Bonchev–Trinajstić information content (AvgIpc) is 3.38. The summed E-state index contributed by atoms with van der Waals surface area (Å²) in [7, 11) is 2.46. The van der Waals surface area contributed by atoms with E-state index in [9.17, 15) is 14.4 Å². The number of nitrogens with zero attached hydrogens (tertiary/aromatic N) is 3. The number of hydrogen-bond donors (Lipinski definition) is 1. The van der Waals surface area contributed by atoms with Gasteiger partial charge in [0.2, 0.25) is 5.91 Å². The van der Waals surface area contributed by atoms with Crippen LogP contribution in [0.1, 0.15) is 32.5 Å². The minimum absolute atomic E-state index is 0.00930. The number of ether oxygens (including phenoxy) is 2. The number of rotatable bonds is 8. The molecule has 9 nitrogen and oxygen atoms in total. The Bertz CT molecular complexity index is 1260. The van der Waals surface area contributed by atoms with Gasteiger partial charge >= 0.3 is 11.9 Å². The standard InChI is InChI=1S/C21H20Cl2N4O5S2/c1-5-27-17(11-6-7-12(22)13(23)8-11)25-26-21(27)33-9-14(28)24-18-15(19(29)31-3)10(2)16(34-18)20(30)32-4/h6-8H,5,9H2,1-4H3,(H,24,28). The van der Waals surface area contributed by atoms with Crippen molar-refractivity contribution in [2.75, 3.05) is 25.3 Å². The third-order valence-electron chi connectivity index (χ3n) is 4.70. The van der Waals surface area contributed by atoms with Crippen LogP contribution in [0, 0.1) is 6.92 Å². The first-order chi connectivity index (χ1) is 16.2. The molecule has 0 spiro atoms. The van der Waals surface area contributed by atoms with Crippen LogP contribution in [0.5, 0.6) is 0 Å². The van der Waals surface area contributed by atoms with Crippen molar-refractivity contribution in [3.8, 4) is 11.4 Å². The Kier molecular flexibility index (Phi) is 8.58. The van der Waals surface area contributed by atoms with Crippen LogP contribution in [-0.2, 0) is 20.8 Å². The summed E-state index contributed by atoms with van der Waals surface area (Å²) in [6.45, 7) is 4.08. The summed E-state index contributed by atoms with van der Waals surface area (Å²) >= 11 is 14.3. The fraction of sp³-hybridized carbons (Fsp3) is 0.286. The van der Waals surface area contributed by atoms with E-state index < -0.39 is 17.8 Å². The highest BCUT2D eigenvalue weighted by atomic mass is 35.5. The molecule has 1 N–H and O–H groups in total. The van der Waals surface area contributed by atoms with Crippen molar-refractivity contribution in [3.63, 3.8) is 0 Å². The third-order valence-corrected chi connectivity index (χ3v) is 7.60. The monoisotopic (exact) mass is 542 g/mol. The number of amides is 1. The van der Waals surface area contributed by atoms with Gasteiger partial charge < -0.3 is 19.4 Å². The summed E-state index contributed by atoms with van der Waals surface area (Å²) in [6.07, 6.45) is 0. The number of benzene rings is 1. The molecule has 0 saturated heterocycles. The number of nitrogens with one attached hydrogen (secondary N) is 1. The third kappa shape index (κ3) is 5.38. The lowest BCUT2D eigenvalue weighted by molar-refractivity contribution is -0.113. The number of hydrogen-bond acceptors (Lipinski definition) is 9. The van der Waals surface area contributed by atoms with E-state index >= 15 is 0 Å².